The third-order valence-electron chi connectivity index (χ3n) is 6.99. The standard InChI is InChI=1S/C29H20Cl3N3O5S2/c1-13-2-6-16(7-3-13)35-27(37)23-22(24-26(34-29(39)42-24)41-25(23)28(35)38)17-10-14(30)4-9-20(17)40-12-21(36)33-15-5-8-18(31)19(32)11-15/h2-11,22-23,25H,12H2,1H3,(H,33,36)(H,34,39)/t22-,23-,25+/m0/s1. The number of ether oxygens (including phenoxy) is 1. The molecule has 0 bridgehead atoms. The molecule has 0 saturated carbocycles. The summed E-state index contributed by atoms with van der Waals surface area (Å²) in [4.78, 5) is 57.2. The monoisotopic (exact) mass is 659 g/mol. The number of rotatable bonds is 6. The molecule has 13 heteroatoms. The molecule has 8 nitrogen and oxygen atoms in total. The summed E-state index contributed by atoms with van der Waals surface area (Å²) in [5, 5.41) is 3.44. The van der Waals surface area contributed by atoms with E-state index in [1.807, 2.05) is 19.1 Å². The average molecular weight is 661 g/mol. The number of aromatic nitrogens is 1. The number of aryl methyl sites for hydroxylation is 1. The third kappa shape index (κ3) is 5.33. The molecule has 3 amide bonds. The first kappa shape index (κ1) is 28.8. The molecule has 1 saturated heterocycles. The number of imide groups is 1. The molecule has 6 rings (SSSR count). The maximum atomic E-state index is 14.0. The van der Waals surface area contributed by atoms with Gasteiger partial charge in [0.25, 0.3) is 5.91 Å². The summed E-state index contributed by atoms with van der Waals surface area (Å²) in [6.45, 7) is 1.55. The van der Waals surface area contributed by atoms with Crippen LogP contribution in [0, 0.1) is 12.8 Å². The number of carbonyl (C=O) groups excluding carboxylic acids is 3. The van der Waals surface area contributed by atoms with Crippen molar-refractivity contribution in [3.05, 3.63) is 101 Å². The van der Waals surface area contributed by atoms with Crippen LogP contribution >= 0.6 is 57.9 Å². The minimum Gasteiger partial charge on any atom is -0.483 e. The first-order valence-electron chi connectivity index (χ1n) is 12.6. The van der Waals surface area contributed by atoms with E-state index in [1.165, 1.54) is 22.7 Å². The fourth-order valence-electron chi connectivity index (χ4n) is 5.11. The second kappa shape index (κ2) is 11.4. The van der Waals surface area contributed by atoms with Crippen molar-refractivity contribution >= 4 is 87.0 Å². The van der Waals surface area contributed by atoms with Crippen LogP contribution in [-0.4, -0.2) is 34.6 Å². The van der Waals surface area contributed by atoms with Crippen molar-refractivity contribution in [3.63, 3.8) is 0 Å². The zero-order valence-corrected chi connectivity index (χ0v) is 25.6. The van der Waals surface area contributed by atoms with Crippen molar-refractivity contribution in [2.75, 3.05) is 16.8 Å². The van der Waals surface area contributed by atoms with Gasteiger partial charge in [-0.1, -0.05) is 75.6 Å². The number of fused-ring (bicyclic) bond motifs is 2. The first-order chi connectivity index (χ1) is 20.1. The fourth-order valence-corrected chi connectivity index (χ4v) is 8.09. The van der Waals surface area contributed by atoms with Crippen molar-refractivity contribution in [3.8, 4) is 5.75 Å². The van der Waals surface area contributed by atoms with E-state index in [-0.39, 0.29) is 28.3 Å². The van der Waals surface area contributed by atoms with Gasteiger partial charge in [0.1, 0.15) is 11.0 Å². The second-order valence-corrected chi connectivity index (χ2v) is 13.2. The Morgan fingerprint density at radius 3 is 2.48 bits per heavy atom. The summed E-state index contributed by atoms with van der Waals surface area (Å²) in [5.74, 6) is -2.49. The summed E-state index contributed by atoms with van der Waals surface area (Å²) in [7, 11) is 0. The van der Waals surface area contributed by atoms with Gasteiger partial charge >= 0.3 is 4.87 Å². The van der Waals surface area contributed by atoms with E-state index in [4.69, 9.17) is 39.5 Å². The highest BCUT2D eigenvalue weighted by atomic mass is 35.5. The van der Waals surface area contributed by atoms with Crippen LogP contribution in [0.2, 0.25) is 15.1 Å². The zero-order valence-electron chi connectivity index (χ0n) is 21.7. The van der Waals surface area contributed by atoms with Crippen LogP contribution in [0.25, 0.3) is 0 Å². The lowest BCUT2D eigenvalue weighted by atomic mass is 9.82. The van der Waals surface area contributed by atoms with E-state index in [2.05, 4.69) is 10.3 Å². The summed E-state index contributed by atoms with van der Waals surface area (Å²) in [5.41, 5.74) is 2.40. The molecule has 214 valence electrons. The van der Waals surface area contributed by atoms with E-state index in [0.29, 0.717) is 42.6 Å². The van der Waals surface area contributed by atoms with Crippen molar-refractivity contribution in [1.29, 1.82) is 0 Å². The van der Waals surface area contributed by atoms with Gasteiger partial charge in [0.2, 0.25) is 11.8 Å². The van der Waals surface area contributed by atoms with Gasteiger partial charge in [-0.25, -0.2) is 4.90 Å². The Kier molecular flexibility index (Phi) is 7.84. The Balaban J connectivity index is 1.35. The maximum Gasteiger partial charge on any atom is 0.305 e. The smallest absolute Gasteiger partial charge is 0.305 e. The minimum absolute atomic E-state index is 0.289. The van der Waals surface area contributed by atoms with E-state index >= 15 is 0 Å². The normalized spacial score (nSPS) is 19.4. The van der Waals surface area contributed by atoms with Gasteiger partial charge in [0.15, 0.2) is 6.61 Å². The Bertz CT molecular complexity index is 1810. The molecular formula is C29H20Cl3N3O5S2. The molecule has 0 radical (unpaired) electrons. The number of hydrogen-bond acceptors (Lipinski definition) is 7. The van der Waals surface area contributed by atoms with E-state index in [1.54, 1.807) is 42.5 Å². The minimum atomic E-state index is -0.839. The number of thiazole rings is 1. The van der Waals surface area contributed by atoms with Gasteiger partial charge in [0, 0.05) is 27.1 Å². The lowest BCUT2D eigenvalue weighted by Gasteiger charge is -2.31. The van der Waals surface area contributed by atoms with Crippen LogP contribution in [0.3, 0.4) is 0 Å². The summed E-state index contributed by atoms with van der Waals surface area (Å²) in [6, 6.07) is 16.7. The number of anilines is 2. The highest BCUT2D eigenvalue weighted by molar-refractivity contribution is 8.00. The van der Waals surface area contributed by atoms with Crippen molar-refractivity contribution < 1.29 is 19.1 Å². The van der Waals surface area contributed by atoms with E-state index in [0.717, 1.165) is 16.9 Å². The van der Waals surface area contributed by atoms with Crippen LogP contribution in [0.4, 0.5) is 11.4 Å². The molecule has 3 atom stereocenters. The molecule has 0 spiro atoms. The van der Waals surface area contributed by atoms with Gasteiger partial charge in [-0.15, -0.1) is 0 Å². The number of nitrogens with one attached hydrogen (secondary N) is 2. The van der Waals surface area contributed by atoms with Crippen molar-refractivity contribution in [1.82, 2.24) is 4.98 Å². The highest BCUT2D eigenvalue weighted by Crippen LogP contribution is 2.54. The fraction of sp³-hybridized carbons (Fsp3) is 0.172. The summed E-state index contributed by atoms with van der Waals surface area (Å²) in [6.07, 6.45) is 0. The molecule has 4 aromatic rings. The number of hydrogen-bond donors (Lipinski definition) is 2. The van der Waals surface area contributed by atoms with Gasteiger partial charge in [-0.2, -0.15) is 0 Å². The predicted octanol–water partition coefficient (Wildman–Crippen LogP) is 6.52. The predicted molar refractivity (Wildman–Crippen MR) is 166 cm³/mol. The molecular weight excluding hydrogens is 641 g/mol. The lowest BCUT2D eigenvalue weighted by Crippen LogP contribution is -2.32. The van der Waals surface area contributed by atoms with Crippen molar-refractivity contribution in [2.45, 2.75) is 23.1 Å². The lowest BCUT2D eigenvalue weighted by molar-refractivity contribution is -0.122. The maximum absolute atomic E-state index is 14.0. The highest BCUT2D eigenvalue weighted by Gasteiger charge is 2.56. The van der Waals surface area contributed by atoms with Crippen molar-refractivity contribution in [2.24, 2.45) is 5.92 Å². The molecule has 3 aromatic carbocycles. The van der Waals surface area contributed by atoms with E-state index in [9.17, 15) is 19.2 Å². The van der Waals surface area contributed by atoms with E-state index < -0.39 is 23.0 Å². The topological polar surface area (TPSA) is 109 Å². The number of aromatic amines is 1. The molecule has 2 aliphatic rings. The van der Waals surface area contributed by atoms with Crippen LogP contribution in [-0.2, 0) is 14.4 Å². The SMILES string of the molecule is Cc1ccc(N2C(=O)[C@H]3[C@H](c4cc(Cl)ccc4OCC(=O)Nc4ccc(Cl)c(Cl)c4)c4sc(=O)[nH]c4S[C@H]3C2=O)cc1. The largest absolute Gasteiger partial charge is 0.483 e. The molecule has 42 heavy (non-hydrogen) atoms. The van der Waals surface area contributed by atoms with Gasteiger partial charge in [-0.05, 0) is 55.5 Å². The van der Waals surface area contributed by atoms with Gasteiger partial charge in [-0.3, -0.25) is 19.2 Å². The average Bonchev–Trinajstić information content (AvgIpc) is 3.44. The first-order valence-corrected chi connectivity index (χ1v) is 15.4. The number of halogens is 3. The number of carbonyl (C=O) groups is 3. The molecule has 3 heterocycles. The Morgan fingerprint density at radius 1 is 0.976 bits per heavy atom. The van der Waals surface area contributed by atoms with Crippen LogP contribution in [0.15, 0.2) is 70.5 Å². The van der Waals surface area contributed by atoms with Crippen LogP contribution < -0.4 is 19.8 Å². The number of nitrogens with zero attached hydrogens (tertiary/aromatic N) is 1. The Labute approximate surface area is 262 Å². The number of benzene rings is 3. The number of amides is 3. The quantitative estimate of drug-likeness (QED) is 0.228. The molecule has 0 aliphatic carbocycles. The van der Waals surface area contributed by atoms with Crippen LogP contribution in [0.5, 0.6) is 5.75 Å². The van der Waals surface area contributed by atoms with Gasteiger partial charge in [0.05, 0.1) is 26.7 Å². The number of H-pyrrole nitrogens is 1. The number of thioether (sulfide) groups is 1. The zero-order chi connectivity index (χ0) is 29.7. The molecule has 0 unspecified atom stereocenters. The summed E-state index contributed by atoms with van der Waals surface area (Å²) < 4.78 is 5.96. The third-order valence-corrected chi connectivity index (χ3v) is 10.4. The Hall–Kier alpha value is -3.28. The van der Waals surface area contributed by atoms with Gasteiger partial charge < -0.3 is 15.0 Å². The van der Waals surface area contributed by atoms with Crippen LogP contribution in [0.1, 0.15) is 21.9 Å². The Morgan fingerprint density at radius 2 is 1.74 bits per heavy atom. The molecule has 1 fully saturated rings. The molecule has 1 aromatic heterocycles. The second-order valence-electron chi connectivity index (χ2n) is 9.75. The molecule has 2 aliphatic heterocycles. The summed E-state index contributed by atoms with van der Waals surface area (Å²) >= 11 is 20.6. The molecule has 2 N–H and O–H groups in total.